The fraction of sp³-hybridized carbons (Fsp3) is 0.158. The fourth-order valence-corrected chi connectivity index (χ4v) is 3.34. The Labute approximate surface area is 148 Å². The lowest BCUT2D eigenvalue weighted by atomic mass is 10.0. The largest absolute Gasteiger partial charge is 0.492 e. The van der Waals surface area contributed by atoms with Gasteiger partial charge in [0, 0.05) is 17.4 Å². The number of nitrogens with one attached hydrogen (secondary N) is 2. The number of carbonyl (C=O) groups is 1. The molecule has 0 bridgehead atoms. The quantitative estimate of drug-likeness (QED) is 0.740. The van der Waals surface area contributed by atoms with Gasteiger partial charge in [-0.15, -0.1) is 0 Å². The molecule has 2 aromatic carbocycles. The maximum atomic E-state index is 12.6. The topological polar surface area (TPSA) is 71.2 Å². The number of aromatic nitrogens is 1. The lowest BCUT2D eigenvalue weighted by Crippen LogP contribution is -2.33. The van der Waals surface area contributed by atoms with Crippen LogP contribution in [-0.2, 0) is 0 Å². The number of aromatic amines is 1. The molecule has 0 aliphatic carbocycles. The summed E-state index contributed by atoms with van der Waals surface area (Å²) >= 11 is 6.16. The molecule has 0 unspecified atom stereocenters. The summed E-state index contributed by atoms with van der Waals surface area (Å²) in [5.74, 6) is 0.272. The standard InChI is InChI=1S/C19H15ClN2O3/c20-14-7-3-6-13-15(8-9-25-17(13)14)21-19(24)16-10-11-4-1-2-5-12(11)18(23)22-16/h1-7,10,15H,8-9H2,(H,21,24)(H,22,23)/t15-/m1/s1. The smallest absolute Gasteiger partial charge is 0.268 e. The van der Waals surface area contributed by atoms with Crippen molar-refractivity contribution in [3.8, 4) is 5.75 Å². The van der Waals surface area contributed by atoms with Gasteiger partial charge in [-0.3, -0.25) is 9.59 Å². The molecule has 1 amide bonds. The number of H-pyrrole nitrogens is 1. The molecule has 25 heavy (non-hydrogen) atoms. The monoisotopic (exact) mass is 354 g/mol. The summed E-state index contributed by atoms with van der Waals surface area (Å²) in [5.41, 5.74) is 0.799. The third kappa shape index (κ3) is 2.87. The number of benzene rings is 2. The molecule has 6 heteroatoms. The van der Waals surface area contributed by atoms with E-state index in [2.05, 4.69) is 10.3 Å². The van der Waals surface area contributed by atoms with Crippen LogP contribution in [0.1, 0.15) is 28.5 Å². The number of fused-ring (bicyclic) bond motifs is 2. The summed E-state index contributed by atoms with van der Waals surface area (Å²) in [5, 5.41) is 4.77. The van der Waals surface area contributed by atoms with Gasteiger partial charge >= 0.3 is 0 Å². The maximum absolute atomic E-state index is 12.6. The predicted octanol–water partition coefficient (Wildman–Crippen LogP) is 3.44. The van der Waals surface area contributed by atoms with Gasteiger partial charge in [-0.25, -0.2) is 0 Å². The van der Waals surface area contributed by atoms with Crippen molar-refractivity contribution in [2.24, 2.45) is 0 Å². The highest BCUT2D eigenvalue weighted by molar-refractivity contribution is 6.32. The van der Waals surface area contributed by atoms with Crippen LogP contribution in [0.4, 0.5) is 0 Å². The summed E-state index contributed by atoms with van der Waals surface area (Å²) in [7, 11) is 0. The van der Waals surface area contributed by atoms with E-state index in [-0.39, 0.29) is 23.2 Å². The van der Waals surface area contributed by atoms with E-state index in [1.165, 1.54) is 0 Å². The van der Waals surface area contributed by atoms with Crippen molar-refractivity contribution in [2.75, 3.05) is 6.61 Å². The third-order valence-corrected chi connectivity index (χ3v) is 4.63. The minimum absolute atomic E-state index is 0.218. The van der Waals surface area contributed by atoms with Gasteiger partial charge in [-0.2, -0.15) is 0 Å². The molecular weight excluding hydrogens is 340 g/mol. The summed E-state index contributed by atoms with van der Waals surface area (Å²) in [6, 6.07) is 14.1. The van der Waals surface area contributed by atoms with E-state index < -0.39 is 0 Å². The summed E-state index contributed by atoms with van der Waals surface area (Å²) < 4.78 is 5.61. The van der Waals surface area contributed by atoms with Gasteiger partial charge in [-0.1, -0.05) is 41.9 Å². The highest BCUT2D eigenvalue weighted by Crippen LogP contribution is 2.37. The van der Waals surface area contributed by atoms with E-state index >= 15 is 0 Å². The minimum Gasteiger partial charge on any atom is -0.492 e. The first-order valence-electron chi connectivity index (χ1n) is 7.97. The number of hydrogen-bond acceptors (Lipinski definition) is 3. The van der Waals surface area contributed by atoms with Crippen LogP contribution in [0, 0.1) is 0 Å². The number of para-hydroxylation sites is 1. The summed E-state index contributed by atoms with van der Waals surface area (Å²) in [6.45, 7) is 0.468. The molecule has 2 N–H and O–H groups in total. The molecule has 1 atom stereocenters. The molecule has 1 aliphatic heterocycles. The molecule has 4 rings (SSSR count). The van der Waals surface area contributed by atoms with Gasteiger partial charge in [0.2, 0.25) is 0 Å². The Kier molecular flexibility index (Phi) is 3.93. The second kappa shape index (κ2) is 6.26. The average molecular weight is 355 g/mol. The number of pyridine rings is 1. The normalized spacial score (nSPS) is 16.1. The van der Waals surface area contributed by atoms with E-state index in [1.54, 1.807) is 24.3 Å². The molecule has 3 aromatic rings. The Balaban J connectivity index is 1.66. The van der Waals surface area contributed by atoms with E-state index in [4.69, 9.17) is 16.3 Å². The van der Waals surface area contributed by atoms with E-state index in [0.29, 0.717) is 29.2 Å². The zero-order valence-corrected chi connectivity index (χ0v) is 14.0. The maximum Gasteiger partial charge on any atom is 0.268 e. The van der Waals surface area contributed by atoms with Crippen LogP contribution in [0.3, 0.4) is 0 Å². The molecule has 0 radical (unpaired) electrons. The lowest BCUT2D eigenvalue weighted by molar-refractivity contribution is 0.0919. The molecule has 0 saturated carbocycles. The first kappa shape index (κ1) is 15.7. The van der Waals surface area contributed by atoms with Gasteiger partial charge < -0.3 is 15.0 Å². The number of halogens is 1. The summed E-state index contributed by atoms with van der Waals surface area (Å²) in [4.78, 5) is 27.5. The average Bonchev–Trinajstić information content (AvgIpc) is 2.62. The van der Waals surface area contributed by atoms with Gasteiger partial charge in [-0.05, 0) is 23.6 Å². The van der Waals surface area contributed by atoms with Crippen molar-refractivity contribution in [1.82, 2.24) is 10.3 Å². The highest BCUT2D eigenvalue weighted by Gasteiger charge is 2.25. The first-order chi connectivity index (χ1) is 12.1. The second-order valence-corrected chi connectivity index (χ2v) is 6.33. The Morgan fingerprint density at radius 1 is 1.20 bits per heavy atom. The molecule has 5 nitrogen and oxygen atoms in total. The SMILES string of the molecule is O=C(N[C@@H]1CCOc2c(Cl)cccc21)c1cc2ccccc2c(=O)[nH]1. The van der Waals surface area contributed by atoms with Crippen LogP contribution in [-0.4, -0.2) is 17.5 Å². The summed E-state index contributed by atoms with van der Waals surface area (Å²) in [6.07, 6.45) is 0.636. The third-order valence-electron chi connectivity index (χ3n) is 4.33. The minimum atomic E-state index is -0.333. The number of ether oxygens (including phenoxy) is 1. The lowest BCUT2D eigenvalue weighted by Gasteiger charge is -2.27. The van der Waals surface area contributed by atoms with Crippen molar-refractivity contribution in [3.05, 3.63) is 75.2 Å². The number of hydrogen-bond donors (Lipinski definition) is 2. The van der Waals surface area contributed by atoms with Crippen molar-refractivity contribution in [3.63, 3.8) is 0 Å². The zero-order valence-electron chi connectivity index (χ0n) is 13.2. The Morgan fingerprint density at radius 2 is 2.04 bits per heavy atom. The zero-order chi connectivity index (χ0) is 17.4. The molecule has 126 valence electrons. The Bertz CT molecular complexity index is 1030. The number of rotatable bonds is 2. The van der Waals surface area contributed by atoms with Crippen LogP contribution in [0.25, 0.3) is 10.8 Å². The van der Waals surface area contributed by atoms with Crippen molar-refractivity contribution >= 4 is 28.3 Å². The number of carbonyl (C=O) groups excluding carboxylic acids is 1. The molecular formula is C19H15ClN2O3. The van der Waals surface area contributed by atoms with E-state index in [1.807, 2.05) is 24.3 Å². The van der Waals surface area contributed by atoms with Crippen molar-refractivity contribution in [1.29, 1.82) is 0 Å². The molecule has 0 saturated heterocycles. The highest BCUT2D eigenvalue weighted by atomic mass is 35.5. The first-order valence-corrected chi connectivity index (χ1v) is 8.35. The van der Waals surface area contributed by atoms with Gasteiger partial charge in [0.1, 0.15) is 11.4 Å². The molecule has 0 spiro atoms. The second-order valence-electron chi connectivity index (χ2n) is 5.92. The van der Waals surface area contributed by atoms with Crippen LogP contribution >= 0.6 is 11.6 Å². The van der Waals surface area contributed by atoms with Crippen LogP contribution < -0.4 is 15.6 Å². The van der Waals surface area contributed by atoms with Crippen molar-refractivity contribution < 1.29 is 9.53 Å². The van der Waals surface area contributed by atoms with Crippen LogP contribution in [0.15, 0.2) is 53.3 Å². The Morgan fingerprint density at radius 3 is 2.92 bits per heavy atom. The van der Waals surface area contributed by atoms with E-state index in [0.717, 1.165) is 10.9 Å². The van der Waals surface area contributed by atoms with Gasteiger partial charge in [0.25, 0.3) is 11.5 Å². The van der Waals surface area contributed by atoms with E-state index in [9.17, 15) is 9.59 Å². The van der Waals surface area contributed by atoms with Crippen LogP contribution in [0.2, 0.25) is 5.02 Å². The number of amides is 1. The molecule has 1 aliphatic rings. The van der Waals surface area contributed by atoms with Crippen LogP contribution in [0.5, 0.6) is 5.75 Å². The predicted molar refractivity (Wildman–Crippen MR) is 96.3 cm³/mol. The fourth-order valence-electron chi connectivity index (χ4n) is 3.11. The molecule has 2 heterocycles. The molecule has 1 aromatic heterocycles. The van der Waals surface area contributed by atoms with Gasteiger partial charge in [0.05, 0.1) is 17.7 Å². The molecule has 0 fully saturated rings. The Hall–Kier alpha value is -2.79. The van der Waals surface area contributed by atoms with Gasteiger partial charge in [0.15, 0.2) is 0 Å². The van der Waals surface area contributed by atoms with Crippen molar-refractivity contribution in [2.45, 2.75) is 12.5 Å².